The number of anilines is 2. The highest BCUT2D eigenvalue weighted by Gasteiger charge is 2.62. The molecule has 0 bridgehead atoms. The number of methoxy groups -OCH3 is 2. The zero-order valence-corrected chi connectivity index (χ0v) is 52.9. The number of ether oxygens (including phenoxy) is 2. The van der Waals surface area contributed by atoms with Crippen LogP contribution in [-0.4, -0.2) is 164 Å². The Labute approximate surface area is 509 Å². The van der Waals surface area contributed by atoms with Gasteiger partial charge in [-0.1, -0.05) is 116 Å². The van der Waals surface area contributed by atoms with Gasteiger partial charge in [0.15, 0.2) is 0 Å². The number of hydrogen-bond donors (Lipinski definition) is 7. The SMILES string of the molecule is CC[C@H](C)[C@@H]([C@@H](CC(=O)N1CCC[C@H]1[C@H](OC)[C@@H](C)C(=O)N[C@@H](Cc1ccccc1)C(=O)Nc1ccc(NC(=O)[C@@H](CCCCN)NC(=O)C2(NC(=O)C3CC3)C[C@@H]2c2ccccc2)cc1)OC)N(C)C(=O)[C@@H](NC(=O)[C@H](C(C)C)N(C)C)C(C)C. The third-order valence-electron chi connectivity index (χ3n) is 17.7. The lowest BCUT2D eigenvalue weighted by molar-refractivity contribution is -0.148. The van der Waals surface area contributed by atoms with Crippen LogP contribution in [-0.2, 0) is 54.3 Å². The van der Waals surface area contributed by atoms with E-state index in [-0.39, 0.29) is 66.1 Å². The molecular formula is C66H98N10O10. The first-order valence-corrected chi connectivity index (χ1v) is 31.0. The van der Waals surface area contributed by atoms with E-state index in [9.17, 15) is 38.4 Å². The molecule has 3 fully saturated rings. The van der Waals surface area contributed by atoms with Crippen molar-refractivity contribution in [3.8, 4) is 0 Å². The van der Waals surface area contributed by atoms with Gasteiger partial charge in [-0.05, 0) is 125 Å². The number of carbonyl (C=O) groups is 8. The molecule has 8 N–H and O–H groups in total. The van der Waals surface area contributed by atoms with Crippen LogP contribution < -0.4 is 37.6 Å². The molecule has 20 heteroatoms. The summed E-state index contributed by atoms with van der Waals surface area (Å²) in [6.45, 7) is 14.3. The summed E-state index contributed by atoms with van der Waals surface area (Å²) in [5, 5.41) is 17.9. The topological polar surface area (TPSA) is 263 Å². The molecule has 20 nitrogen and oxygen atoms in total. The maximum atomic E-state index is 14.6. The Kier molecular flexibility index (Phi) is 25.3. The molecule has 2 aliphatic carbocycles. The number of nitrogens with zero attached hydrogens (tertiary/aromatic N) is 3. The van der Waals surface area contributed by atoms with E-state index in [0.29, 0.717) is 69.4 Å². The first kappa shape index (κ1) is 68.4. The second-order valence-corrected chi connectivity index (χ2v) is 25.0. The number of nitrogens with one attached hydrogen (secondary N) is 6. The number of benzene rings is 3. The highest BCUT2D eigenvalue weighted by Crippen LogP contribution is 2.52. The van der Waals surface area contributed by atoms with E-state index in [1.807, 2.05) is 121 Å². The Balaban J connectivity index is 1.11. The van der Waals surface area contributed by atoms with E-state index in [1.165, 1.54) is 14.2 Å². The van der Waals surface area contributed by atoms with Crippen molar-refractivity contribution >= 4 is 58.6 Å². The summed E-state index contributed by atoms with van der Waals surface area (Å²) in [7, 11) is 8.45. The van der Waals surface area contributed by atoms with Crippen molar-refractivity contribution in [2.75, 3.05) is 59.1 Å². The van der Waals surface area contributed by atoms with Crippen molar-refractivity contribution < 1.29 is 47.8 Å². The van der Waals surface area contributed by atoms with E-state index in [0.717, 1.165) is 24.0 Å². The van der Waals surface area contributed by atoms with Crippen LogP contribution in [0.15, 0.2) is 84.9 Å². The van der Waals surface area contributed by atoms with Crippen LogP contribution in [0.1, 0.15) is 130 Å². The van der Waals surface area contributed by atoms with Crippen LogP contribution in [0, 0.1) is 29.6 Å². The molecule has 1 saturated heterocycles. The Morgan fingerprint density at radius 2 is 1.31 bits per heavy atom. The van der Waals surface area contributed by atoms with Gasteiger partial charge in [-0.2, -0.15) is 0 Å². The summed E-state index contributed by atoms with van der Waals surface area (Å²) >= 11 is 0. The highest BCUT2D eigenvalue weighted by molar-refractivity contribution is 6.02. The minimum Gasteiger partial charge on any atom is -0.379 e. The molecule has 0 radical (unpaired) electrons. The van der Waals surface area contributed by atoms with Gasteiger partial charge in [0.25, 0.3) is 0 Å². The second-order valence-electron chi connectivity index (χ2n) is 25.0. The Bertz CT molecular complexity index is 2740. The van der Waals surface area contributed by atoms with Crippen molar-refractivity contribution in [3.05, 3.63) is 96.1 Å². The Morgan fingerprint density at radius 1 is 0.709 bits per heavy atom. The third kappa shape index (κ3) is 17.7. The summed E-state index contributed by atoms with van der Waals surface area (Å²) in [5.74, 6) is -4.14. The van der Waals surface area contributed by atoms with Crippen molar-refractivity contribution in [2.24, 2.45) is 35.3 Å². The molecule has 6 rings (SSSR count). The van der Waals surface area contributed by atoms with Gasteiger partial charge in [0, 0.05) is 57.4 Å². The van der Waals surface area contributed by atoms with E-state index in [4.69, 9.17) is 15.2 Å². The largest absolute Gasteiger partial charge is 0.379 e. The molecule has 3 aliphatic rings. The molecule has 1 unspecified atom stereocenters. The summed E-state index contributed by atoms with van der Waals surface area (Å²) in [6, 6.07) is 21.2. The standard InChI is InChI=1S/C66H98N10O10/c1-13-42(6)57(75(10)64(83)55(40(2)3)72-63(82)56(41(4)5)74(8)9)53(85-11)38-54(77)76-36-22-28-52(76)58(86-12)43(7)59(78)70-51(37-44-23-16-14-17-24-44)62(81)69-48-33-31-47(32-34-48)68-61(80)50(27-20-21-35-67)71-65(84)66(73-60(79)46-29-30-46)39-49(66)45-25-18-15-19-26-45/h14-19,23-26,31-34,40-43,46,49-53,55-58H,13,20-22,27-30,35-39,67H2,1-12H3,(H,68,80)(H,69,81)(H,70,78)(H,71,84)(H,72,82)(H,73,79)/t42-,43+,49+,50+,51-,52-,53+,55-,56-,57-,58+,66?/m0/s1. The van der Waals surface area contributed by atoms with E-state index >= 15 is 0 Å². The maximum Gasteiger partial charge on any atom is 0.247 e. The number of carbonyl (C=O) groups excluding carboxylic acids is 8. The van der Waals surface area contributed by atoms with E-state index < -0.39 is 83.5 Å². The summed E-state index contributed by atoms with van der Waals surface area (Å²) in [5.41, 5.74) is 7.20. The van der Waals surface area contributed by atoms with Gasteiger partial charge < -0.3 is 56.9 Å². The molecule has 1 aliphatic heterocycles. The molecule has 3 aromatic rings. The molecule has 0 aromatic heterocycles. The summed E-state index contributed by atoms with van der Waals surface area (Å²) in [4.78, 5) is 118. The average Bonchev–Trinajstić information content (AvgIpc) is 1.58. The fourth-order valence-electron chi connectivity index (χ4n) is 12.4. The van der Waals surface area contributed by atoms with Crippen LogP contribution in [0.5, 0.6) is 0 Å². The predicted molar refractivity (Wildman–Crippen MR) is 333 cm³/mol. The van der Waals surface area contributed by atoms with Crippen molar-refractivity contribution in [2.45, 2.75) is 179 Å². The first-order chi connectivity index (χ1) is 41.0. The zero-order valence-electron chi connectivity index (χ0n) is 52.9. The molecular weight excluding hydrogens is 1090 g/mol. The molecule has 12 atom stereocenters. The van der Waals surface area contributed by atoms with E-state index in [2.05, 4.69) is 31.9 Å². The van der Waals surface area contributed by atoms with Gasteiger partial charge in [0.1, 0.15) is 23.7 Å². The Hall–Kier alpha value is -6.74. The number of likely N-dealkylation sites (N-methyl/N-ethyl adjacent to an activating group) is 2. The second kappa shape index (κ2) is 31.8. The summed E-state index contributed by atoms with van der Waals surface area (Å²) < 4.78 is 12.2. The van der Waals surface area contributed by atoms with Crippen LogP contribution in [0.2, 0.25) is 0 Å². The molecule has 0 spiro atoms. The molecule has 2 saturated carbocycles. The minimum atomic E-state index is -1.17. The fraction of sp³-hybridized carbons (Fsp3) is 0.606. The highest BCUT2D eigenvalue weighted by atomic mass is 16.5. The number of likely N-dealkylation sites (tertiary alicyclic amines) is 1. The third-order valence-corrected chi connectivity index (χ3v) is 17.7. The lowest BCUT2D eigenvalue weighted by Gasteiger charge is -2.41. The Morgan fingerprint density at radius 3 is 1.85 bits per heavy atom. The van der Waals surface area contributed by atoms with Gasteiger partial charge in [-0.15, -0.1) is 0 Å². The van der Waals surface area contributed by atoms with Crippen LogP contribution in [0.3, 0.4) is 0 Å². The maximum absolute atomic E-state index is 14.6. The van der Waals surface area contributed by atoms with Gasteiger partial charge in [0.05, 0.1) is 42.7 Å². The van der Waals surface area contributed by atoms with Gasteiger partial charge in [-0.3, -0.25) is 43.3 Å². The molecule has 1 heterocycles. The number of unbranched alkanes of at least 4 members (excludes halogenated alkanes) is 1. The van der Waals surface area contributed by atoms with Crippen molar-refractivity contribution in [1.82, 2.24) is 36.0 Å². The van der Waals surface area contributed by atoms with Crippen molar-refractivity contribution in [1.29, 1.82) is 0 Å². The van der Waals surface area contributed by atoms with Crippen molar-refractivity contribution in [3.63, 3.8) is 0 Å². The van der Waals surface area contributed by atoms with E-state index in [1.54, 1.807) is 48.0 Å². The van der Waals surface area contributed by atoms with Gasteiger partial charge >= 0.3 is 0 Å². The molecule has 8 amide bonds. The monoisotopic (exact) mass is 1190 g/mol. The number of rotatable bonds is 33. The van der Waals surface area contributed by atoms with Gasteiger partial charge in [0.2, 0.25) is 47.3 Å². The lowest BCUT2D eigenvalue weighted by atomic mass is 9.89. The van der Waals surface area contributed by atoms with Crippen LogP contribution >= 0.6 is 0 Å². The quantitative estimate of drug-likeness (QED) is 0.0346. The molecule has 472 valence electrons. The van der Waals surface area contributed by atoms with Crippen LogP contribution in [0.25, 0.3) is 0 Å². The predicted octanol–water partition coefficient (Wildman–Crippen LogP) is 6.00. The smallest absolute Gasteiger partial charge is 0.247 e. The normalized spacial score (nSPS) is 20.5. The zero-order chi connectivity index (χ0) is 63.0. The minimum absolute atomic E-state index is 0.00544. The summed E-state index contributed by atoms with van der Waals surface area (Å²) in [6.07, 6.45) is 4.08. The first-order valence-electron chi connectivity index (χ1n) is 31.0. The molecule has 3 aromatic carbocycles. The molecule has 86 heavy (non-hydrogen) atoms. The lowest BCUT2D eigenvalue weighted by Crippen LogP contribution is -2.59. The number of hydrogen-bond acceptors (Lipinski definition) is 12. The number of amides is 8. The fourth-order valence-corrected chi connectivity index (χ4v) is 12.4. The number of nitrogens with two attached hydrogens (primary N) is 1. The van der Waals surface area contributed by atoms with Crippen LogP contribution in [0.4, 0.5) is 11.4 Å². The van der Waals surface area contributed by atoms with Gasteiger partial charge in [-0.25, -0.2) is 0 Å². The average molecular weight is 1190 g/mol.